The van der Waals surface area contributed by atoms with E-state index in [4.69, 9.17) is 9.15 Å². The Morgan fingerprint density at radius 3 is 2.83 bits per heavy atom. The number of likely N-dealkylation sites (tertiary alicyclic amines) is 1. The number of amides is 1. The first-order valence-electron chi connectivity index (χ1n) is 9.33. The van der Waals surface area contributed by atoms with Crippen LogP contribution in [0.4, 0.5) is 0 Å². The summed E-state index contributed by atoms with van der Waals surface area (Å²) < 4.78 is 11.1. The van der Waals surface area contributed by atoms with E-state index in [-0.39, 0.29) is 5.92 Å². The van der Waals surface area contributed by atoms with Crippen molar-refractivity contribution in [2.24, 2.45) is 5.92 Å². The summed E-state index contributed by atoms with van der Waals surface area (Å²) in [4.78, 5) is 16.9. The second-order valence-corrected chi connectivity index (χ2v) is 7.17. The minimum absolute atomic E-state index is 0.186. The van der Waals surface area contributed by atoms with Crippen LogP contribution >= 0.6 is 0 Å². The van der Waals surface area contributed by atoms with Gasteiger partial charge >= 0.3 is 0 Å². The molecule has 1 amide bonds. The SMILES string of the molecule is CN(CCC[C@@H]1CCCO1)C(=O)C1CCN(Cc2ccco2)CC1. The highest BCUT2D eigenvalue weighted by atomic mass is 16.5. The van der Waals surface area contributed by atoms with Crippen molar-refractivity contribution in [2.75, 3.05) is 33.3 Å². The zero-order valence-electron chi connectivity index (χ0n) is 14.8. The van der Waals surface area contributed by atoms with E-state index < -0.39 is 0 Å². The Balaban J connectivity index is 1.34. The number of carbonyl (C=O) groups excluding carboxylic acids is 1. The fraction of sp³-hybridized carbons (Fsp3) is 0.737. The molecule has 134 valence electrons. The molecule has 5 nitrogen and oxygen atoms in total. The van der Waals surface area contributed by atoms with Gasteiger partial charge in [0.25, 0.3) is 0 Å². The quantitative estimate of drug-likeness (QED) is 0.769. The fourth-order valence-electron chi connectivity index (χ4n) is 3.81. The van der Waals surface area contributed by atoms with Crippen LogP contribution in [0.25, 0.3) is 0 Å². The van der Waals surface area contributed by atoms with Crippen molar-refractivity contribution in [1.82, 2.24) is 9.80 Å². The Hall–Kier alpha value is -1.33. The van der Waals surface area contributed by atoms with Gasteiger partial charge in [-0.25, -0.2) is 0 Å². The zero-order chi connectivity index (χ0) is 16.8. The van der Waals surface area contributed by atoms with Crippen molar-refractivity contribution < 1.29 is 13.9 Å². The van der Waals surface area contributed by atoms with Crippen LogP contribution in [0.2, 0.25) is 0 Å². The average molecular weight is 334 g/mol. The zero-order valence-corrected chi connectivity index (χ0v) is 14.8. The van der Waals surface area contributed by atoms with E-state index in [1.54, 1.807) is 6.26 Å². The number of furan rings is 1. The lowest BCUT2D eigenvalue weighted by Gasteiger charge is -2.32. The van der Waals surface area contributed by atoms with Crippen LogP contribution in [-0.2, 0) is 16.1 Å². The van der Waals surface area contributed by atoms with Crippen LogP contribution < -0.4 is 0 Å². The number of ether oxygens (including phenoxy) is 1. The Labute approximate surface area is 144 Å². The summed E-state index contributed by atoms with van der Waals surface area (Å²) in [6, 6.07) is 3.94. The molecular formula is C19H30N2O3. The molecule has 2 aliphatic rings. The maximum absolute atomic E-state index is 12.6. The van der Waals surface area contributed by atoms with E-state index in [1.807, 2.05) is 24.1 Å². The molecule has 0 aromatic carbocycles. The van der Waals surface area contributed by atoms with Crippen LogP contribution in [-0.4, -0.2) is 55.1 Å². The van der Waals surface area contributed by atoms with Gasteiger partial charge < -0.3 is 14.1 Å². The topological polar surface area (TPSA) is 45.9 Å². The molecule has 0 N–H and O–H groups in total. The molecule has 2 fully saturated rings. The molecule has 0 unspecified atom stereocenters. The van der Waals surface area contributed by atoms with Crippen LogP contribution in [0, 0.1) is 5.92 Å². The summed E-state index contributed by atoms with van der Waals surface area (Å²) in [5.41, 5.74) is 0. The minimum atomic E-state index is 0.186. The molecular weight excluding hydrogens is 304 g/mol. The van der Waals surface area contributed by atoms with E-state index in [0.29, 0.717) is 12.0 Å². The van der Waals surface area contributed by atoms with Crippen molar-refractivity contribution in [3.63, 3.8) is 0 Å². The first-order chi connectivity index (χ1) is 11.7. The molecule has 0 radical (unpaired) electrons. The second kappa shape index (κ2) is 8.67. The first kappa shape index (κ1) is 17.5. The molecule has 5 heteroatoms. The molecule has 3 rings (SSSR count). The summed E-state index contributed by atoms with van der Waals surface area (Å²) in [6.07, 6.45) is 8.56. The predicted molar refractivity (Wildman–Crippen MR) is 92.6 cm³/mol. The minimum Gasteiger partial charge on any atom is -0.468 e. The van der Waals surface area contributed by atoms with Crippen molar-refractivity contribution in [3.05, 3.63) is 24.2 Å². The lowest BCUT2D eigenvalue weighted by atomic mass is 9.95. The van der Waals surface area contributed by atoms with Gasteiger partial charge in [-0.2, -0.15) is 0 Å². The number of rotatable bonds is 7. The Bertz CT molecular complexity index is 489. The van der Waals surface area contributed by atoms with E-state index in [0.717, 1.165) is 64.2 Å². The molecule has 2 aliphatic heterocycles. The third-order valence-corrected chi connectivity index (χ3v) is 5.32. The summed E-state index contributed by atoms with van der Waals surface area (Å²) in [5, 5.41) is 0. The van der Waals surface area contributed by atoms with E-state index in [1.165, 1.54) is 12.8 Å². The highest BCUT2D eigenvalue weighted by Gasteiger charge is 2.27. The van der Waals surface area contributed by atoms with Crippen LogP contribution in [0.5, 0.6) is 0 Å². The van der Waals surface area contributed by atoms with Gasteiger partial charge in [0, 0.05) is 26.1 Å². The maximum Gasteiger partial charge on any atom is 0.225 e. The van der Waals surface area contributed by atoms with Crippen LogP contribution in [0.1, 0.15) is 44.3 Å². The molecule has 0 aliphatic carbocycles. The monoisotopic (exact) mass is 334 g/mol. The van der Waals surface area contributed by atoms with Gasteiger partial charge in [-0.1, -0.05) is 0 Å². The largest absolute Gasteiger partial charge is 0.468 e. The normalized spacial score (nSPS) is 22.8. The lowest BCUT2D eigenvalue weighted by Crippen LogP contribution is -2.41. The number of carbonyl (C=O) groups is 1. The second-order valence-electron chi connectivity index (χ2n) is 7.17. The highest BCUT2D eigenvalue weighted by Crippen LogP contribution is 2.22. The Kier molecular flexibility index (Phi) is 6.32. The Morgan fingerprint density at radius 2 is 2.17 bits per heavy atom. The standard InChI is InChI=1S/C19H30N2O3/c1-20(10-2-5-17-6-3-13-23-17)19(22)16-8-11-21(12-9-16)15-18-7-4-14-24-18/h4,7,14,16-17H,2-3,5-6,8-13,15H2,1H3/t17-/m1/s1. The van der Waals surface area contributed by atoms with Crippen LogP contribution in [0.15, 0.2) is 22.8 Å². The van der Waals surface area contributed by atoms with Crippen molar-refractivity contribution in [1.29, 1.82) is 0 Å². The van der Waals surface area contributed by atoms with Crippen LogP contribution in [0.3, 0.4) is 0 Å². The van der Waals surface area contributed by atoms with Gasteiger partial charge in [0.05, 0.1) is 18.9 Å². The molecule has 0 spiro atoms. The smallest absolute Gasteiger partial charge is 0.225 e. The van der Waals surface area contributed by atoms with Crippen molar-refractivity contribution in [2.45, 2.75) is 51.2 Å². The lowest BCUT2D eigenvalue weighted by molar-refractivity contribution is -0.135. The summed E-state index contributed by atoms with van der Waals surface area (Å²) in [7, 11) is 1.95. The van der Waals surface area contributed by atoms with E-state index in [9.17, 15) is 4.79 Å². The average Bonchev–Trinajstić information content (AvgIpc) is 3.29. The van der Waals surface area contributed by atoms with Crippen molar-refractivity contribution >= 4 is 5.91 Å². The fourth-order valence-corrected chi connectivity index (χ4v) is 3.81. The molecule has 24 heavy (non-hydrogen) atoms. The van der Waals surface area contributed by atoms with Gasteiger partial charge in [0.2, 0.25) is 5.91 Å². The number of nitrogens with zero attached hydrogens (tertiary/aromatic N) is 2. The van der Waals surface area contributed by atoms with E-state index in [2.05, 4.69) is 4.90 Å². The Morgan fingerprint density at radius 1 is 1.33 bits per heavy atom. The van der Waals surface area contributed by atoms with Gasteiger partial charge in [-0.3, -0.25) is 9.69 Å². The highest BCUT2D eigenvalue weighted by molar-refractivity contribution is 5.78. The summed E-state index contributed by atoms with van der Waals surface area (Å²) in [5.74, 6) is 1.51. The molecule has 1 aromatic rings. The summed E-state index contributed by atoms with van der Waals surface area (Å²) in [6.45, 7) is 4.56. The molecule has 3 heterocycles. The number of hydrogen-bond acceptors (Lipinski definition) is 4. The molecule has 1 atom stereocenters. The maximum atomic E-state index is 12.6. The van der Waals surface area contributed by atoms with Gasteiger partial charge in [-0.05, 0) is 63.7 Å². The molecule has 0 saturated carbocycles. The van der Waals surface area contributed by atoms with E-state index >= 15 is 0 Å². The first-order valence-corrected chi connectivity index (χ1v) is 9.33. The summed E-state index contributed by atoms with van der Waals surface area (Å²) >= 11 is 0. The molecule has 2 saturated heterocycles. The van der Waals surface area contributed by atoms with Gasteiger partial charge in [0.1, 0.15) is 5.76 Å². The number of piperidine rings is 1. The molecule has 1 aromatic heterocycles. The molecule has 0 bridgehead atoms. The van der Waals surface area contributed by atoms with Crippen molar-refractivity contribution in [3.8, 4) is 0 Å². The van der Waals surface area contributed by atoms with Gasteiger partial charge in [-0.15, -0.1) is 0 Å². The number of hydrogen-bond donors (Lipinski definition) is 0. The predicted octanol–water partition coefficient (Wildman–Crippen LogP) is 2.91. The van der Waals surface area contributed by atoms with Gasteiger partial charge in [0.15, 0.2) is 0 Å². The third kappa shape index (κ3) is 4.84. The third-order valence-electron chi connectivity index (χ3n) is 5.32.